The number of benzene rings is 1. The van der Waals surface area contributed by atoms with Gasteiger partial charge in [0.15, 0.2) is 5.96 Å². The fourth-order valence-corrected chi connectivity index (χ4v) is 3.24. The molecular weight excluding hydrogens is 431 g/mol. The zero-order valence-electron chi connectivity index (χ0n) is 13.7. The van der Waals surface area contributed by atoms with E-state index in [1.165, 1.54) is 15.8 Å². The summed E-state index contributed by atoms with van der Waals surface area (Å²) in [5.41, 5.74) is 1.30. The Morgan fingerprint density at radius 1 is 1.12 bits per heavy atom. The second kappa shape index (κ2) is 9.68. The first-order valence-corrected chi connectivity index (χ1v) is 8.75. The van der Waals surface area contributed by atoms with Crippen molar-refractivity contribution in [2.75, 3.05) is 13.6 Å². The first-order valence-electron chi connectivity index (χ1n) is 7.87. The summed E-state index contributed by atoms with van der Waals surface area (Å²) in [5, 5.41) is 10.1. The first-order chi connectivity index (χ1) is 11.4. The predicted octanol–water partition coefficient (Wildman–Crippen LogP) is 4.08. The molecule has 0 aliphatic heterocycles. The number of guanidine groups is 1. The van der Waals surface area contributed by atoms with Gasteiger partial charge in [-0.25, -0.2) is 0 Å². The van der Waals surface area contributed by atoms with Crippen molar-refractivity contribution in [3.8, 4) is 0 Å². The molecule has 128 valence electrons. The fourth-order valence-electron chi connectivity index (χ4n) is 2.60. The highest BCUT2D eigenvalue weighted by molar-refractivity contribution is 14.0. The van der Waals surface area contributed by atoms with Crippen molar-refractivity contribution >= 4 is 52.2 Å². The SMILES string of the molecule is CN=C(NCCCn1ccc2ccccc21)NCc1cccs1.I. The number of hydrogen-bond acceptors (Lipinski definition) is 2. The summed E-state index contributed by atoms with van der Waals surface area (Å²) in [6.07, 6.45) is 3.22. The van der Waals surface area contributed by atoms with Gasteiger partial charge in [0.05, 0.1) is 6.54 Å². The molecule has 0 saturated heterocycles. The number of thiophene rings is 1. The van der Waals surface area contributed by atoms with E-state index in [4.69, 9.17) is 0 Å². The number of aryl methyl sites for hydroxylation is 1. The summed E-state index contributed by atoms with van der Waals surface area (Å²) >= 11 is 1.75. The maximum Gasteiger partial charge on any atom is 0.191 e. The van der Waals surface area contributed by atoms with Gasteiger partial charge >= 0.3 is 0 Å². The molecule has 0 atom stereocenters. The van der Waals surface area contributed by atoms with Crippen molar-refractivity contribution in [1.82, 2.24) is 15.2 Å². The highest BCUT2D eigenvalue weighted by Gasteiger charge is 2.01. The second-order valence-electron chi connectivity index (χ2n) is 5.35. The van der Waals surface area contributed by atoms with Crippen LogP contribution in [-0.4, -0.2) is 24.1 Å². The Morgan fingerprint density at radius 3 is 2.79 bits per heavy atom. The monoisotopic (exact) mass is 454 g/mol. The van der Waals surface area contributed by atoms with Crippen LogP contribution in [0.5, 0.6) is 0 Å². The summed E-state index contributed by atoms with van der Waals surface area (Å²) in [4.78, 5) is 5.58. The largest absolute Gasteiger partial charge is 0.356 e. The molecular formula is C18H23IN4S. The number of aliphatic imine (C=N–C) groups is 1. The molecule has 2 N–H and O–H groups in total. The van der Waals surface area contributed by atoms with E-state index in [0.29, 0.717) is 0 Å². The van der Waals surface area contributed by atoms with Gasteiger partial charge in [0.2, 0.25) is 0 Å². The van der Waals surface area contributed by atoms with Crippen LogP contribution in [0.4, 0.5) is 0 Å². The summed E-state index contributed by atoms with van der Waals surface area (Å²) in [7, 11) is 1.81. The van der Waals surface area contributed by atoms with Crippen LogP contribution < -0.4 is 10.6 Å². The Balaban J connectivity index is 0.00000208. The third-order valence-corrected chi connectivity index (χ3v) is 4.66. The van der Waals surface area contributed by atoms with Gasteiger partial charge in [0, 0.05) is 36.7 Å². The average Bonchev–Trinajstić information content (AvgIpc) is 3.24. The molecule has 0 fully saturated rings. The van der Waals surface area contributed by atoms with Gasteiger partial charge in [-0.3, -0.25) is 4.99 Å². The average molecular weight is 454 g/mol. The van der Waals surface area contributed by atoms with Crippen molar-refractivity contribution in [2.45, 2.75) is 19.5 Å². The third-order valence-electron chi connectivity index (χ3n) is 3.78. The lowest BCUT2D eigenvalue weighted by atomic mass is 10.2. The van der Waals surface area contributed by atoms with Gasteiger partial charge in [-0.1, -0.05) is 24.3 Å². The van der Waals surface area contributed by atoms with Gasteiger partial charge in [-0.05, 0) is 35.4 Å². The lowest BCUT2D eigenvalue weighted by molar-refractivity contribution is 0.641. The van der Waals surface area contributed by atoms with E-state index >= 15 is 0 Å². The molecule has 0 amide bonds. The Labute approximate surface area is 164 Å². The molecule has 0 radical (unpaired) electrons. The number of nitrogens with zero attached hydrogens (tertiary/aromatic N) is 2. The van der Waals surface area contributed by atoms with E-state index < -0.39 is 0 Å². The van der Waals surface area contributed by atoms with Crippen molar-refractivity contribution in [2.24, 2.45) is 4.99 Å². The van der Waals surface area contributed by atoms with Gasteiger partial charge in [-0.15, -0.1) is 35.3 Å². The quantitative estimate of drug-likeness (QED) is 0.255. The van der Waals surface area contributed by atoms with Crippen LogP contribution in [0.2, 0.25) is 0 Å². The second-order valence-corrected chi connectivity index (χ2v) is 6.39. The zero-order valence-corrected chi connectivity index (χ0v) is 16.9. The summed E-state index contributed by atoms with van der Waals surface area (Å²) in [6, 6.07) is 14.9. The molecule has 0 unspecified atom stereocenters. The number of halogens is 1. The van der Waals surface area contributed by atoms with E-state index in [2.05, 4.69) is 74.2 Å². The first kappa shape index (κ1) is 18.8. The Kier molecular flexibility index (Phi) is 7.58. The van der Waals surface area contributed by atoms with Crippen LogP contribution >= 0.6 is 35.3 Å². The molecule has 24 heavy (non-hydrogen) atoms. The summed E-state index contributed by atoms with van der Waals surface area (Å²) in [6.45, 7) is 2.72. The van der Waals surface area contributed by atoms with Crippen molar-refractivity contribution < 1.29 is 0 Å². The predicted molar refractivity (Wildman–Crippen MR) is 114 cm³/mol. The van der Waals surface area contributed by atoms with Crippen LogP contribution in [0, 0.1) is 0 Å². The molecule has 0 aliphatic rings. The molecule has 1 aromatic carbocycles. The lowest BCUT2D eigenvalue weighted by Gasteiger charge is -2.11. The minimum absolute atomic E-state index is 0. The van der Waals surface area contributed by atoms with Gasteiger partial charge in [0.25, 0.3) is 0 Å². The fraction of sp³-hybridized carbons (Fsp3) is 0.278. The summed E-state index contributed by atoms with van der Waals surface area (Å²) < 4.78 is 2.30. The molecule has 0 bridgehead atoms. The van der Waals surface area contributed by atoms with Crippen LogP contribution in [0.15, 0.2) is 59.0 Å². The molecule has 0 spiro atoms. The zero-order chi connectivity index (χ0) is 15.9. The van der Waals surface area contributed by atoms with Gasteiger partial charge in [-0.2, -0.15) is 0 Å². The number of rotatable bonds is 6. The molecule has 0 saturated carbocycles. The van der Waals surface area contributed by atoms with Crippen molar-refractivity contribution in [3.63, 3.8) is 0 Å². The summed E-state index contributed by atoms with van der Waals surface area (Å²) in [5.74, 6) is 0.857. The van der Waals surface area contributed by atoms with Crippen LogP contribution in [0.25, 0.3) is 10.9 Å². The number of hydrogen-bond donors (Lipinski definition) is 2. The number of para-hydroxylation sites is 1. The lowest BCUT2D eigenvalue weighted by Crippen LogP contribution is -2.37. The van der Waals surface area contributed by atoms with Crippen LogP contribution in [0.3, 0.4) is 0 Å². The van der Waals surface area contributed by atoms with E-state index in [-0.39, 0.29) is 24.0 Å². The Bertz CT molecular complexity index is 764. The van der Waals surface area contributed by atoms with Gasteiger partial charge in [0.1, 0.15) is 0 Å². The highest BCUT2D eigenvalue weighted by Crippen LogP contribution is 2.15. The smallest absolute Gasteiger partial charge is 0.191 e. The number of aromatic nitrogens is 1. The molecule has 3 aromatic rings. The molecule has 3 rings (SSSR count). The van der Waals surface area contributed by atoms with E-state index in [1.807, 2.05) is 7.05 Å². The van der Waals surface area contributed by atoms with E-state index in [9.17, 15) is 0 Å². The molecule has 2 aromatic heterocycles. The molecule has 0 aliphatic carbocycles. The number of nitrogens with one attached hydrogen (secondary N) is 2. The van der Waals surface area contributed by atoms with Gasteiger partial charge < -0.3 is 15.2 Å². The number of fused-ring (bicyclic) bond motifs is 1. The van der Waals surface area contributed by atoms with E-state index in [0.717, 1.165) is 32.0 Å². The third kappa shape index (κ3) is 4.98. The normalized spacial score (nSPS) is 11.3. The molecule has 2 heterocycles. The van der Waals surface area contributed by atoms with E-state index in [1.54, 1.807) is 11.3 Å². The van der Waals surface area contributed by atoms with Crippen LogP contribution in [-0.2, 0) is 13.1 Å². The Morgan fingerprint density at radius 2 is 2.00 bits per heavy atom. The highest BCUT2D eigenvalue weighted by atomic mass is 127. The van der Waals surface area contributed by atoms with Crippen molar-refractivity contribution in [1.29, 1.82) is 0 Å². The standard InChI is InChI=1S/C18H22N4S.HI/c1-19-18(21-14-16-7-4-13-23-16)20-10-5-11-22-12-9-15-6-2-3-8-17(15)22;/h2-4,6-9,12-13H,5,10-11,14H2,1H3,(H2,19,20,21);1H. The minimum Gasteiger partial charge on any atom is -0.356 e. The maximum atomic E-state index is 4.26. The van der Waals surface area contributed by atoms with Crippen molar-refractivity contribution in [3.05, 3.63) is 58.9 Å². The molecule has 6 heteroatoms. The topological polar surface area (TPSA) is 41.4 Å². The molecule has 4 nitrogen and oxygen atoms in total. The van der Waals surface area contributed by atoms with Crippen LogP contribution in [0.1, 0.15) is 11.3 Å². The minimum atomic E-state index is 0. The maximum absolute atomic E-state index is 4.26. The Hall–Kier alpha value is -1.54.